The van der Waals surface area contributed by atoms with E-state index in [0.717, 1.165) is 12.8 Å². The number of carbonyl (C=O) groups excluding carboxylic acids is 1. The summed E-state index contributed by atoms with van der Waals surface area (Å²) >= 11 is 0. The molecule has 2 N–H and O–H groups in total. The minimum Gasteiger partial charge on any atom is -0.469 e. The summed E-state index contributed by atoms with van der Waals surface area (Å²) in [5, 5.41) is 0. The fourth-order valence-electron chi connectivity index (χ4n) is 2.99. The maximum Gasteiger partial charge on any atom is 0.312 e. The van der Waals surface area contributed by atoms with Gasteiger partial charge in [0, 0.05) is 0 Å². The molecule has 0 unspecified atom stereocenters. The molecule has 3 heteroatoms. The van der Waals surface area contributed by atoms with Crippen molar-refractivity contribution in [3.8, 4) is 0 Å². The molecule has 2 bridgehead atoms. The van der Waals surface area contributed by atoms with Crippen molar-refractivity contribution >= 4 is 5.97 Å². The number of hydrogen-bond donors (Lipinski definition) is 1. The molecule has 3 saturated carbocycles. The van der Waals surface area contributed by atoms with Gasteiger partial charge in [-0.3, -0.25) is 4.79 Å². The van der Waals surface area contributed by atoms with Crippen LogP contribution in [0.4, 0.5) is 0 Å². The molecule has 3 aliphatic carbocycles. The monoisotopic (exact) mass is 169 g/mol. The zero-order chi connectivity index (χ0) is 8.98. The molecule has 68 valence electrons. The number of rotatable bonds is 2. The first-order valence-corrected chi connectivity index (χ1v) is 4.40. The lowest BCUT2D eigenvalue weighted by molar-refractivity contribution is -0.264. The van der Waals surface area contributed by atoms with Gasteiger partial charge < -0.3 is 10.5 Å². The molecule has 0 aliphatic heterocycles. The van der Waals surface area contributed by atoms with Crippen LogP contribution in [0.25, 0.3) is 0 Å². The summed E-state index contributed by atoms with van der Waals surface area (Å²) in [6, 6.07) is 0. The second kappa shape index (κ2) is 2.02. The predicted octanol–water partition coefficient (Wildman–Crippen LogP) is 0.534. The van der Waals surface area contributed by atoms with Gasteiger partial charge in [-0.25, -0.2) is 0 Å². The first-order valence-electron chi connectivity index (χ1n) is 4.40. The van der Waals surface area contributed by atoms with E-state index in [-0.39, 0.29) is 16.8 Å². The normalized spacial score (nSPS) is 49.1. The first kappa shape index (κ1) is 8.05. The van der Waals surface area contributed by atoms with Gasteiger partial charge in [0.1, 0.15) is 0 Å². The minimum atomic E-state index is -0.145. The van der Waals surface area contributed by atoms with Gasteiger partial charge in [0.2, 0.25) is 0 Å². The number of esters is 1. The first-order chi connectivity index (χ1) is 5.61. The molecule has 3 fully saturated rings. The van der Waals surface area contributed by atoms with Crippen LogP contribution in [0.1, 0.15) is 19.8 Å². The quantitative estimate of drug-likeness (QED) is 0.614. The van der Waals surface area contributed by atoms with Crippen molar-refractivity contribution in [2.75, 3.05) is 13.7 Å². The van der Waals surface area contributed by atoms with Gasteiger partial charge in [-0.2, -0.15) is 0 Å². The van der Waals surface area contributed by atoms with E-state index in [4.69, 9.17) is 10.5 Å². The molecule has 0 aromatic carbocycles. The van der Waals surface area contributed by atoms with Crippen LogP contribution >= 0.6 is 0 Å². The average molecular weight is 169 g/mol. The van der Waals surface area contributed by atoms with Gasteiger partial charge in [0.25, 0.3) is 0 Å². The fraction of sp³-hybridized carbons (Fsp3) is 0.889. The van der Waals surface area contributed by atoms with E-state index in [2.05, 4.69) is 6.92 Å². The Labute approximate surface area is 72.3 Å². The highest BCUT2D eigenvalue weighted by Gasteiger charge is 2.76. The van der Waals surface area contributed by atoms with Crippen molar-refractivity contribution in [3.05, 3.63) is 0 Å². The van der Waals surface area contributed by atoms with Gasteiger partial charge in [0.15, 0.2) is 0 Å². The zero-order valence-corrected chi connectivity index (χ0v) is 7.59. The Hall–Kier alpha value is -0.570. The van der Waals surface area contributed by atoms with Crippen LogP contribution < -0.4 is 5.73 Å². The van der Waals surface area contributed by atoms with Gasteiger partial charge >= 0.3 is 5.97 Å². The van der Waals surface area contributed by atoms with Crippen LogP contribution in [-0.4, -0.2) is 19.6 Å². The van der Waals surface area contributed by atoms with E-state index in [1.807, 2.05) is 0 Å². The largest absolute Gasteiger partial charge is 0.469 e. The lowest BCUT2D eigenvalue weighted by atomic mass is 9.29. The molecule has 0 spiro atoms. The standard InChI is InChI=1S/C9H15NO2/c1-6-8(5-10)3-9(6,4-8)7(11)12-2/h6H,3-5,10H2,1-2H3/t6-,8?,9?/m0/s1. The highest BCUT2D eigenvalue weighted by Crippen LogP contribution is 2.76. The Bertz CT molecular complexity index is 231. The third-order valence-corrected chi connectivity index (χ3v) is 4.08. The molecule has 0 radical (unpaired) electrons. The number of methoxy groups -OCH3 is 1. The summed E-state index contributed by atoms with van der Waals surface area (Å²) in [4.78, 5) is 11.4. The predicted molar refractivity (Wildman–Crippen MR) is 44.3 cm³/mol. The molecule has 0 heterocycles. The summed E-state index contributed by atoms with van der Waals surface area (Å²) in [7, 11) is 1.46. The van der Waals surface area contributed by atoms with E-state index in [1.165, 1.54) is 7.11 Å². The summed E-state index contributed by atoms with van der Waals surface area (Å²) in [6.45, 7) is 2.82. The van der Waals surface area contributed by atoms with E-state index >= 15 is 0 Å². The van der Waals surface area contributed by atoms with Crippen LogP contribution in [-0.2, 0) is 9.53 Å². The highest BCUT2D eigenvalue weighted by atomic mass is 16.5. The third-order valence-electron chi connectivity index (χ3n) is 4.08. The average Bonchev–Trinajstić information content (AvgIpc) is 2.02. The maximum absolute atomic E-state index is 11.4. The van der Waals surface area contributed by atoms with Crippen LogP contribution in [0.2, 0.25) is 0 Å². The summed E-state index contributed by atoms with van der Waals surface area (Å²) in [5.41, 5.74) is 5.79. The Balaban J connectivity index is 2.10. The SMILES string of the molecule is COC(=O)C12CC(CN)(C1)[C@@H]2C. The Morgan fingerprint density at radius 2 is 2.25 bits per heavy atom. The van der Waals surface area contributed by atoms with Crippen molar-refractivity contribution in [3.63, 3.8) is 0 Å². The van der Waals surface area contributed by atoms with E-state index < -0.39 is 0 Å². The van der Waals surface area contributed by atoms with E-state index in [9.17, 15) is 4.79 Å². The second-order valence-corrected chi connectivity index (χ2v) is 4.29. The summed E-state index contributed by atoms with van der Waals surface area (Å²) in [5.74, 6) is 0.396. The van der Waals surface area contributed by atoms with E-state index in [1.54, 1.807) is 0 Å². The van der Waals surface area contributed by atoms with Crippen LogP contribution in [0, 0.1) is 16.7 Å². The Morgan fingerprint density at radius 1 is 1.67 bits per heavy atom. The molecular weight excluding hydrogens is 154 g/mol. The van der Waals surface area contributed by atoms with Crippen LogP contribution in [0.3, 0.4) is 0 Å². The molecule has 0 amide bonds. The molecule has 3 nitrogen and oxygen atoms in total. The fourth-order valence-corrected chi connectivity index (χ4v) is 2.99. The van der Waals surface area contributed by atoms with Crippen molar-refractivity contribution in [1.29, 1.82) is 0 Å². The highest BCUT2D eigenvalue weighted by molar-refractivity contribution is 5.81. The molecule has 0 aromatic heterocycles. The number of ether oxygens (including phenoxy) is 1. The minimum absolute atomic E-state index is 0.0367. The Kier molecular flexibility index (Phi) is 1.35. The number of hydrogen-bond acceptors (Lipinski definition) is 3. The molecule has 12 heavy (non-hydrogen) atoms. The van der Waals surface area contributed by atoms with E-state index in [0.29, 0.717) is 12.5 Å². The van der Waals surface area contributed by atoms with Crippen LogP contribution in [0.15, 0.2) is 0 Å². The molecule has 3 aliphatic rings. The second-order valence-electron chi connectivity index (χ2n) is 4.29. The molecule has 0 aromatic rings. The van der Waals surface area contributed by atoms with Crippen LogP contribution in [0.5, 0.6) is 0 Å². The molecule has 3 rings (SSSR count). The lowest BCUT2D eigenvalue weighted by Crippen LogP contribution is -2.74. The molecular formula is C9H15NO2. The Morgan fingerprint density at radius 3 is 2.58 bits per heavy atom. The number of carbonyl (C=O) groups is 1. The smallest absolute Gasteiger partial charge is 0.312 e. The van der Waals surface area contributed by atoms with Gasteiger partial charge in [-0.05, 0) is 30.7 Å². The topological polar surface area (TPSA) is 52.3 Å². The van der Waals surface area contributed by atoms with Gasteiger partial charge in [0.05, 0.1) is 12.5 Å². The lowest BCUT2D eigenvalue weighted by Gasteiger charge is -2.73. The molecule has 1 atom stereocenters. The van der Waals surface area contributed by atoms with Gasteiger partial charge in [-0.1, -0.05) is 6.92 Å². The maximum atomic E-state index is 11.4. The number of nitrogens with two attached hydrogens (primary N) is 1. The van der Waals surface area contributed by atoms with Crippen molar-refractivity contribution in [2.45, 2.75) is 19.8 Å². The van der Waals surface area contributed by atoms with Gasteiger partial charge in [-0.15, -0.1) is 0 Å². The summed E-state index contributed by atoms with van der Waals surface area (Å²) in [6.07, 6.45) is 1.90. The van der Waals surface area contributed by atoms with Crippen molar-refractivity contribution in [2.24, 2.45) is 22.5 Å². The van der Waals surface area contributed by atoms with Crippen molar-refractivity contribution < 1.29 is 9.53 Å². The molecule has 0 saturated heterocycles. The summed E-state index contributed by atoms with van der Waals surface area (Å²) < 4.78 is 4.78. The third kappa shape index (κ3) is 0.565. The van der Waals surface area contributed by atoms with Crippen molar-refractivity contribution in [1.82, 2.24) is 0 Å². The zero-order valence-electron chi connectivity index (χ0n) is 7.59.